The molecule has 0 aliphatic carbocycles. The zero-order valence-corrected chi connectivity index (χ0v) is 26.5. The average Bonchev–Trinajstić information content (AvgIpc) is 3.58. The molecule has 10 heteroatoms. The van der Waals surface area contributed by atoms with Crippen LogP contribution in [0.25, 0.3) is 33.4 Å². The number of nitrogens with zero attached hydrogens (tertiary/aromatic N) is 2. The maximum Gasteiger partial charge on any atom is 0.306 e. The number of benzene rings is 4. The van der Waals surface area contributed by atoms with E-state index in [0.29, 0.717) is 49.3 Å². The van der Waals surface area contributed by atoms with Crippen LogP contribution in [0, 0.1) is 0 Å². The summed E-state index contributed by atoms with van der Waals surface area (Å²) < 4.78 is 0. The molecule has 0 amide bonds. The van der Waals surface area contributed by atoms with Crippen molar-refractivity contribution in [2.75, 3.05) is 13.1 Å². The summed E-state index contributed by atoms with van der Waals surface area (Å²) in [5, 5.41) is 39.3. The number of carboxylic acid groups (broad SMARTS) is 2. The molecule has 2 atom stereocenters. The normalized spacial score (nSPS) is 15.8. The molecule has 46 heavy (non-hydrogen) atoms. The minimum Gasteiger partial charge on any atom is -0.481 e. The summed E-state index contributed by atoms with van der Waals surface area (Å²) in [6.45, 7) is 3.12. The Morgan fingerprint density at radius 1 is 0.587 bits per heavy atom. The fourth-order valence-electron chi connectivity index (χ4n) is 6.58. The lowest BCUT2D eigenvalue weighted by atomic mass is 9.94. The molecule has 4 N–H and O–H groups in total. The van der Waals surface area contributed by atoms with E-state index in [1.54, 1.807) is 0 Å². The molecule has 4 aromatic rings. The highest BCUT2D eigenvalue weighted by Gasteiger charge is 2.25. The molecular weight excluding hydrogens is 627 g/mol. The molecule has 0 spiro atoms. The standard InChI is InChI=1S/C36H34Cl2N2O6/c37-35-29(21-7-9-23-15-39(17-25(23)11-21)19-27(41)13-33(43)44)3-1-5-31(35)32-6-2-4-30(36(32)38)22-8-10-24-16-40(18-26(24)12-22)20-28(42)14-34(45)46/h1-12,27-28,41-42H,13-20H2,(H,43,44)(H,45,46). The Hall–Kier alpha value is -3.76. The van der Waals surface area contributed by atoms with Crippen LogP contribution in [0.15, 0.2) is 72.8 Å². The van der Waals surface area contributed by atoms with E-state index in [0.717, 1.165) is 55.6 Å². The van der Waals surface area contributed by atoms with Crippen molar-refractivity contribution < 1.29 is 30.0 Å². The molecule has 0 saturated heterocycles. The first kappa shape index (κ1) is 32.2. The van der Waals surface area contributed by atoms with Crippen molar-refractivity contribution in [1.29, 1.82) is 0 Å². The number of β-amino-alcohol motifs (C(OH)–C–C–N with tert-alkyl or cyclic N) is 2. The average molecular weight is 662 g/mol. The maximum atomic E-state index is 11.0. The Labute approximate surface area is 277 Å². The number of hydrogen-bond acceptors (Lipinski definition) is 6. The number of aliphatic carboxylic acids is 2. The van der Waals surface area contributed by atoms with Gasteiger partial charge in [0.25, 0.3) is 0 Å². The van der Waals surface area contributed by atoms with Crippen LogP contribution in [0.1, 0.15) is 35.1 Å². The predicted molar refractivity (Wildman–Crippen MR) is 178 cm³/mol. The summed E-state index contributed by atoms with van der Waals surface area (Å²) in [7, 11) is 0. The van der Waals surface area contributed by atoms with Crippen LogP contribution in [0.2, 0.25) is 10.0 Å². The highest BCUT2D eigenvalue weighted by atomic mass is 35.5. The van der Waals surface area contributed by atoms with Crippen LogP contribution in [0.4, 0.5) is 0 Å². The Morgan fingerprint density at radius 2 is 0.957 bits per heavy atom. The quantitative estimate of drug-likeness (QED) is 0.148. The van der Waals surface area contributed by atoms with Gasteiger partial charge in [-0.05, 0) is 45.5 Å². The molecule has 4 aromatic carbocycles. The summed E-state index contributed by atoms with van der Waals surface area (Å²) in [5.74, 6) is -2.03. The third-order valence-electron chi connectivity index (χ3n) is 8.66. The largest absolute Gasteiger partial charge is 0.481 e. The first-order valence-corrected chi connectivity index (χ1v) is 15.9. The predicted octanol–water partition coefficient (Wildman–Crippen LogP) is 6.30. The van der Waals surface area contributed by atoms with Gasteiger partial charge in [0.15, 0.2) is 0 Å². The molecule has 0 aromatic heterocycles. The zero-order valence-electron chi connectivity index (χ0n) is 25.0. The van der Waals surface area contributed by atoms with Gasteiger partial charge >= 0.3 is 11.9 Å². The molecule has 2 aliphatic rings. The number of rotatable bonds is 11. The lowest BCUT2D eigenvalue weighted by Gasteiger charge is -2.18. The van der Waals surface area contributed by atoms with Crippen LogP contribution in [0.5, 0.6) is 0 Å². The topological polar surface area (TPSA) is 122 Å². The molecule has 2 aliphatic heterocycles. The van der Waals surface area contributed by atoms with E-state index < -0.39 is 24.1 Å². The lowest BCUT2D eigenvalue weighted by molar-refractivity contribution is -0.140. The fraction of sp³-hybridized carbons (Fsp3) is 0.278. The van der Waals surface area contributed by atoms with Gasteiger partial charge in [0.2, 0.25) is 0 Å². The third kappa shape index (κ3) is 6.98. The Balaban J connectivity index is 1.23. The number of carbonyl (C=O) groups is 2. The van der Waals surface area contributed by atoms with E-state index >= 15 is 0 Å². The van der Waals surface area contributed by atoms with Gasteiger partial charge in [0, 0.05) is 61.5 Å². The minimum absolute atomic E-state index is 0.281. The summed E-state index contributed by atoms with van der Waals surface area (Å²) >= 11 is 14.2. The maximum absolute atomic E-state index is 11.0. The first-order chi connectivity index (χ1) is 22.0. The van der Waals surface area contributed by atoms with Crippen molar-refractivity contribution in [2.45, 2.75) is 51.2 Å². The SMILES string of the molecule is O=C(O)CC(O)CN1Cc2ccc(-c3cccc(-c4cccc(-c5ccc6c(c5)CN(CC(O)CC(=O)O)C6)c4Cl)c3Cl)cc2C1. The smallest absolute Gasteiger partial charge is 0.306 e. The van der Waals surface area contributed by atoms with Crippen molar-refractivity contribution in [1.82, 2.24) is 9.80 Å². The number of hydrogen-bond donors (Lipinski definition) is 4. The van der Waals surface area contributed by atoms with Crippen LogP contribution in [-0.4, -0.2) is 67.5 Å². The van der Waals surface area contributed by atoms with Gasteiger partial charge in [-0.2, -0.15) is 0 Å². The third-order valence-corrected chi connectivity index (χ3v) is 9.47. The number of halogens is 2. The summed E-state index contributed by atoms with van der Waals surface area (Å²) in [6.07, 6.45) is -2.41. The van der Waals surface area contributed by atoms with Gasteiger partial charge in [-0.15, -0.1) is 0 Å². The summed E-state index contributed by atoms with van der Waals surface area (Å²) in [6, 6.07) is 24.2. The summed E-state index contributed by atoms with van der Waals surface area (Å²) in [5.41, 5.74) is 9.80. The zero-order chi connectivity index (χ0) is 32.5. The second-order valence-electron chi connectivity index (χ2n) is 12.1. The summed E-state index contributed by atoms with van der Waals surface area (Å²) in [4.78, 5) is 26.0. The van der Waals surface area contributed by atoms with E-state index in [1.165, 1.54) is 0 Å². The number of carboxylic acids is 2. The van der Waals surface area contributed by atoms with Crippen LogP contribution >= 0.6 is 23.2 Å². The molecule has 2 heterocycles. The first-order valence-electron chi connectivity index (χ1n) is 15.1. The van der Waals surface area contributed by atoms with Gasteiger partial charge in [-0.25, -0.2) is 0 Å². The molecule has 6 rings (SSSR count). The van der Waals surface area contributed by atoms with Gasteiger partial charge in [-0.3, -0.25) is 19.4 Å². The van der Waals surface area contributed by atoms with E-state index in [-0.39, 0.29) is 12.8 Å². The fourth-order valence-corrected chi connectivity index (χ4v) is 7.25. The van der Waals surface area contributed by atoms with Crippen molar-refractivity contribution in [3.63, 3.8) is 0 Å². The van der Waals surface area contributed by atoms with E-state index in [9.17, 15) is 19.8 Å². The number of aliphatic hydroxyl groups is 2. The van der Waals surface area contributed by atoms with Gasteiger partial charge in [0.05, 0.1) is 35.1 Å². The Morgan fingerprint density at radius 3 is 1.35 bits per heavy atom. The van der Waals surface area contributed by atoms with Crippen LogP contribution < -0.4 is 0 Å². The van der Waals surface area contributed by atoms with Crippen LogP contribution in [-0.2, 0) is 35.8 Å². The Bertz CT molecular complexity index is 1680. The number of fused-ring (bicyclic) bond motifs is 2. The van der Waals surface area contributed by atoms with E-state index in [1.807, 2.05) is 58.3 Å². The lowest BCUT2D eigenvalue weighted by Crippen LogP contribution is -2.29. The Kier molecular flexibility index (Phi) is 9.47. The van der Waals surface area contributed by atoms with Gasteiger partial charge in [0.1, 0.15) is 0 Å². The molecule has 0 fully saturated rings. The molecule has 0 radical (unpaired) electrons. The molecule has 238 valence electrons. The van der Waals surface area contributed by atoms with Crippen molar-refractivity contribution in [3.05, 3.63) is 105 Å². The van der Waals surface area contributed by atoms with Crippen molar-refractivity contribution >= 4 is 35.1 Å². The number of aliphatic hydroxyl groups excluding tert-OH is 2. The molecule has 2 unspecified atom stereocenters. The second kappa shape index (κ2) is 13.5. The van der Waals surface area contributed by atoms with Gasteiger partial charge < -0.3 is 20.4 Å². The van der Waals surface area contributed by atoms with Crippen LogP contribution in [0.3, 0.4) is 0 Å². The highest BCUT2D eigenvalue weighted by molar-refractivity contribution is 6.39. The monoisotopic (exact) mass is 660 g/mol. The molecule has 0 saturated carbocycles. The molecule has 0 bridgehead atoms. The van der Waals surface area contributed by atoms with E-state index in [2.05, 4.69) is 24.3 Å². The van der Waals surface area contributed by atoms with Crippen molar-refractivity contribution in [3.8, 4) is 33.4 Å². The molecule has 8 nitrogen and oxygen atoms in total. The van der Waals surface area contributed by atoms with Gasteiger partial charge in [-0.1, -0.05) is 83.9 Å². The highest BCUT2D eigenvalue weighted by Crippen LogP contribution is 2.43. The minimum atomic E-state index is -1.02. The molecular formula is C36H34Cl2N2O6. The van der Waals surface area contributed by atoms with Crippen molar-refractivity contribution in [2.24, 2.45) is 0 Å². The van der Waals surface area contributed by atoms with E-state index in [4.69, 9.17) is 33.4 Å². The second-order valence-corrected chi connectivity index (χ2v) is 12.9.